The van der Waals surface area contributed by atoms with Crippen LogP contribution < -0.4 is 0 Å². The summed E-state index contributed by atoms with van der Waals surface area (Å²) in [5.74, 6) is 0.993. The monoisotopic (exact) mass is 336 g/mol. The first kappa shape index (κ1) is 17.5. The van der Waals surface area contributed by atoms with Crippen molar-refractivity contribution in [3.05, 3.63) is 24.2 Å². The van der Waals surface area contributed by atoms with Gasteiger partial charge in [0, 0.05) is 39.2 Å². The molecule has 0 N–H and O–H groups in total. The number of hydrogen-bond donors (Lipinski definition) is 0. The maximum absolute atomic E-state index is 11.8. The molecule has 2 aliphatic heterocycles. The molecule has 6 nitrogen and oxygen atoms in total. The molecule has 3 heterocycles. The number of likely N-dealkylation sites (N-methyl/N-ethyl adjacent to an activating group) is 1. The first-order valence-corrected chi connectivity index (χ1v) is 8.73. The fraction of sp³-hybridized carbons (Fsp3) is 0.722. The lowest BCUT2D eigenvalue weighted by Crippen LogP contribution is -2.56. The van der Waals surface area contributed by atoms with E-state index in [0.29, 0.717) is 6.61 Å². The summed E-state index contributed by atoms with van der Waals surface area (Å²) < 4.78 is 17.4. The molecule has 6 heteroatoms. The van der Waals surface area contributed by atoms with Crippen LogP contribution in [-0.2, 0) is 20.8 Å². The third kappa shape index (κ3) is 3.99. The number of nitrogens with zero attached hydrogens (tertiary/aromatic N) is 2. The Bertz CT molecular complexity index is 531. The number of likely N-dealkylation sites (tertiary alicyclic amines) is 1. The van der Waals surface area contributed by atoms with E-state index in [4.69, 9.17) is 13.9 Å². The molecule has 24 heavy (non-hydrogen) atoms. The highest BCUT2D eigenvalue weighted by molar-refractivity contribution is 5.76. The Morgan fingerprint density at radius 1 is 1.50 bits per heavy atom. The van der Waals surface area contributed by atoms with Gasteiger partial charge in [-0.25, -0.2) is 0 Å². The van der Waals surface area contributed by atoms with Crippen molar-refractivity contribution in [1.82, 2.24) is 9.80 Å². The van der Waals surface area contributed by atoms with Crippen LogP contribution in [0.5, 0.6) is 0 Å². The van der Waals surface area contributed by atoms with E-state index in [2.05, 4.69) is 4.90 Å². The zero-order valence-corrected chi connectivity index (χ0v) is 14.7. The number of rotatable bonds is 6. The van der Waals surface area contributed by atoms with Gasteiger partial charge in [-0.1, -0.05) is 0 Å². The van der Waals surface area contributed by atoms with Crippen molar-refractivity contribution in [3.8, 4) is 0 Å². The second-order valence-corrected chi connectivity index (χ2v) is 7.19. The topological polar surface area (TPSA) is 55.2 Å². The number of fused-ring (bicyclic) bond motifs is 1. The Kier molecular flexibility index (Phi) is 5.58. The molecule has 0 unspecified atom stereocenters. The summed E-state index contributed by atoms with van der Waals surface area (Å²) in [6, 6.07) is 3.94. The van der Waals surface area contributed by atoms with Crippen LogP contribution in [-0.4, -0.2) is 68.8 Å². The van der Waals surface area contributed by atoms with Crippen molar-refractivity contribution >= 4 is 5.91 Å². The molecule has 0 aliphatic carbocycles. The first-order chi connectivity index (χ1) is 11.6. The normalized spacial score (nSPS) is 27.7. The van der Waals surface area contributed by atoms with Gasteiger partial charge in [0.15, 0.2) is 0 Å². The van der Waals surface area contributed by atoms with Crippen LogP contribution in [0.1, 0.15) is 25.0 Å². The number of furan rings is 1. The Morgan fingerprint density at radius 2 is 2.38 bits per heavy atom. The van der Waals surface area contributed by atoms with E-state index in [0.717, 1.165) is 51.3 Å². The Labute approximate surface area is 143 Å². The third-order valence-electron chi connectivity index (χ3n) is 5.14. The van der Waals surface area contributed by atoms with Crippen LogP contribution >= 0.6 is 0 Å². The molecular weight excluding hydrogens is 308 g/mol. The minimum absolute atomic E-state index is 0.00271. The molecule has 0 bridgehead atoms. The lowest BCUT2D eigenvalue weighted by molar-refractivity contribution is -0.160. The number of piperidine rings is 1. The van der Waals surface area contributed by atoms with Crippen LogP contribution in [0, 0.1) is 5.41 Å². The molecule has 2 saturated heterocycles. The van der Waals surface area contributed by atoms with Crippen molar-refractivity contribution in [2.45, 2.75) is 31.9 Å². The summed E-state index contributed by atoms with van der Waals surface area (Å²) in [6.45, 7) is 4.29. The van der Waals surface area contributed by atoms with Gasteiger partial charge in [0.1, 0.15) is 12.4 Å². The van der Waals surface area contributed by atoms with Gasteiger partial charge in [0.05, 0.1) is 25.5 Å². The lowest BCUT2D eigenvalue weighted by Gasteiger charge is -2.50. The average molecular weight is 336 g/mol. The molecule has 0 spiro atoms. The van der Waals surface area contributed by atoms with E-state index in [-0.39, 0.29) is 24.0 Å². The van der Waals surface area contributed by atoms with Gasteiger partial charge in [-0.3, -0.25) is 9.69 Å². The summed E-state index contributed by atoms with van der Waals surface area (Å²) in [5.41, 5.74) is -0.0182. The second-order valence-electron chi connectivity index (χ2n) is 7.19. The zero-order valence-electron chi connectivity index (χ0n) is 14.7. The molecule has 2 aliphatic rings. The van der Waals surface area contributed by atoms with Gasteiger partial charge in [-0.15, -0.1) is 0 Å². The Morgan fingerprint density at radius 3 is 3.12 bits per heavy atom. The van der Waals surface area contributed by atoms with Gasteiger partial charge >= 0.3 is 0 Å². The molecule has 1 aromatic rings. The lowest BCUT2D eigenvalue weighted by atomic mass is 9.73. The summed E-state index contributed by atoms with van der Waals surface area (Å²) in [5, 5.41) is 0. The van der Waals surface area contributed by atoms with Crippen LogP contribution in [0.15, 0.2) is 22.8 Å². The smallest absolute Gasteiger partial charge is 0.248 e. The molecule has 134 valence electrons. The van der Waals surface area contributed by atoms with Gasteiger partial charge in [0.25, 0.3) is 0 Å². The number of amides is 1. The Balaban J connectivity index is 1.62. The fourth-order valence-electron chi connectivity index (χ4n) is 3.82. The Hall–Kier alpha value is -1.37. The molecule has 0 saturated carbocycles. The van der Waals surface area contributed by atoms with Crippen LogP contribution in [0.3, 0.4) is 0 Å². The predicted octanol–water partition coefficient (Wildman–Crippen LogP) is 1.76. The number of ether oxygens (including phenoxy) is 2. The van der Waals surface area contributed by atoms with Gasteiger partial charge in [-0.2, -0.15) is 0 Å². The second kappa shape index (κ2) is 7.68. The molecule has 0 radical (unpaired) electrons. The van der Waals surface area contributed by atoms with E-state index in [1.807, 2.05) is 12.1 Å². The first-order valence-electron chi connectivity index (χ1n) is 8.73. The van der Waals surface area contributed by atoms with Crippen molar-refractivity contribution in [2.24, 2.45) is 5.41 Å². The van der Waals surface area contributed by atoms with Crippen molar-refractivity contribution < 1.29 is 18.7 Å². The van der Waals surface area contributed by atoms with Gasteiger partial charge in [0.2, 0.25) is 5.91 Å². The summed E-state index contributed by atoms with van der Waals surface area (Å²) in [7, 11) is 3.50. The maximum Gasteiger partial charge on any atom is 0.248 e. The molecule has 1 amide bonds. The summed E-state index contributed by atoms with van der Waals surface area (Å²) in [6.07, 6.45) is 5.09. The highest BCUT2D eigenvalue weighted by Gasteiger charge is 2.46. The van der Waals surface area contributed by atoms with Crippen molar-refractivity contribution in [1.29, 1.82) is 0 Å². The van der Waals surface area contributed by atoms with E-state index in [9.17, 15) is 4.79 Å². The average Bonchev–Trinajstić information content (AvgIpc) is 3.07. The van der Waals surface area contributed by atoms with Crippen LogP contribution in [0.25, 0.3) is 0 Å². The summed E-state index contributed by atoms with van der Waals surface area (Å²) >= 11 is 0. The maximum atomic E-state index is 11.8. The molecule has 0 aromatic carbocycles. The molecular formula is C18H28N2O4. The number of hydrogen-bond acceptors (Lipinski definition) is 5. The van der Waals surface area contributed by atoms with E-state index >= 15 is 0 Å². The molecule has 2 atom stereocenters. The third-order valence-corrected chi connectivity index (χ3v) is 5.14. The number of carbonyl (C=O) groups excluding carboxylic acids is 1. The largest absolute Gasteiger partial charge is 0.468 e. The van der Waals surface area contributed by atoms with Crippen LogP contribution in [0.4, 0.5) is 0 Å². The van der Waals surface area contributed by atoms with E-state index in [1.54, 1.807) is 25.3 Å². The number of carbonyl (C=O) groups is 1. The minimum atomic E-state index is -0.0182. The summed E-state index contributed by atoms with van der Waals surface area (Å²) in [4.78, 5) is 15.7. The highest BCUT2D eigenvalue weighted by atomic mass is 16.5. The van der Waals surface area contributed by atoms with E-state index < -0.39 is 0 Å². The minimum Gasteiger partial charge on any atom is -0.468 e. The van der Waals surface area contributed by atoms with Gasteiger partial charge in [-0.05, 0) is 31.4 Å². The standard InChI is InChI=1S/C18H28N2O4/c1-19(2)17(21)12-22-14-18-7-4-10-24-16(18)6-8-20(13-18)11-15-5-3-9-23-15/h3,5,9,16H,4,6-8,10-14H2,1-2H3/t16-,18+/m1/s1. The van der Waals surface area contributed by atoms with Crippen molar-refractivity contribution in [2.75, 3.05) is 47.0 Å². The van der Waals surface area contributed by atoms with Crippen molar-refractivity contribution in [3.63, 3.8) is 0 Å². The molecule has 2 fully saturated rings. The zero-order chi connectivity index (χ0) is 17.0. The van der Waals surface area contributed by atoms with Gasteiger partial charge < -0.3 is 18.8 Å². The fourth-order valence-corrected chi connectivity index (χ4v) is 3.82. The van der Waals surface area contributed by atoms with Crippen LogP contribution in [0.2, 0.25) is 0 Å². The highest BCUT2D eigenvalue weighted by Crippen LogP contribution is 2.40. The quantitative estimate of drug-likeness (QED) is 0.792. The SMILES string of the molecule is CN(C)C(=O)COC[C@@]12CCCO[C@@H]1CCN(Cc1ccco1)C2. The molecule has 3 rings (SSSR count). The van der Waals surface area contributed by atoms with E-state index in [1.165, 1.54) is 0 Å². The molecule has 1 aromatic heterocycles. The predicted molar refractivity (Wildman–Crippen MR) is 89.5 cm³/mol.